The molecule has 1 fully saturated rings. The van der Waals surface area contributed by atoms with Crippen LogP contribution in [0.15, 0.2) is 58.3 Å². The molecule has 3 heterocycles. The first-order chi connectivity index (χ1) is 15.1. The second-order valence-electron chi connectivity index (χ2n) is 7.56. The van der Waals surface area contributed by atoms with E-state index in [9.17, 15) is 9.59 Å². The van der Waals surface area contributed by atoms with Crippen LogP contribution in [0.4, 0.5) is 4.79 Å². The minimum absolute atomic E-state index is 0.190. The molecule has 0 spiro atoms. The summed E-state index contributed by atoms with van der Waals surface area (Å²) in [6, 6.07) is 10.6. The monoisotopic (exact) mass is 425 g/mol. The number of hydrogen-bond donors (Lipinski definition) is 2. The second kappa shape index (κ2) is 9.26. The molecule has 2 aromatic rings. The van der Waals surface area contributed by atoms with Crippen LogP contribution in [0.1, 0.15) is 43.2 Å². The number of furan rings is 1. The van der Waals surface area contributed by atoms with E-state index in [1.54, 1.807) is 26.2 Å². The summed E-state index contributed by atoms with van der Waals surface area (Å²) in [5.41, 5.74) is 2.10. The van der Waals surface area contributed by atoms with Crippen molar-refractivity contribution in [3.05, 3.63) is 65.3 Å². The number of ether oxygens (including phenoxy) is 2. The van der Waals surface area contributed by atoms with Gasteiger partial charge in [-0.3, -0.25) is 4.90 Å². The average Bonchev–Trinajstić information content (AvgIpc) is 3.46. The normalized spacial score (nSPS) is 21.5. The van der Waals surface area contributed by atoms with Crippen molar-refractivity contribution in [1.29, 1.82) is 0 Å². The third-order valence-electron chi connectivity index (χ3n) is 5.70. The van der Waals surface area contributed by atoms with Crippen LogP contribution >= 0.6 is 0 Å². The number of hydrogen-bond acceptors (Lipinski definition) is 6. The van der Waals surface area contributed by atoms with Crippen LogP contribution in [0.2, 0.25) is 0 Å². The van der Waals surface area contributed by atoms with Gasteiger partial charge in [0.15, 0.2) is 0 Å². The fourth-order valence-corrected chi connectivity index (χ4v) is 4.28. The van der Waals surface area contributed by atoms with Crippen LogP contribution in [0.25, 0.3) is 0 Å². The van der Waals surface area contributed by atoms with Crippen molar-refractivity contribution in [3.63, 3.8) is 0 Å². The van der Waals surface area contributed by atoms with Gasteiger partial charge in [-0.05, 0) is 56.1 Å². The van der Waals surface area contributed by atoms with E-state index in [2.05, 4.69) is 27.7 Å². The molecular weight excluding hydrogens is 398 g/mol. The lowest BCUT2D eigenvalue weighted by Gasteiger charge is -2.32. The summed E-state index contributed by atoms with van der Waals surface area (Å²) >= 11 is 0. The lowest BCUT2D eigenvalue weighted by atomic mass is 9.99. The molecule has 2 N–H and O–H groups in total. The highest BCUT2D eigenvalue weighted by molar-refractivity contribution is 5.95. The Bertz CT molecular complexity index is 952. The summed E-state index contributed by atoms with van der Waals surface area (Å²) in [4.78, 5) is 27.6. The van der Waals surface area contributed by atoms with E-state index in [-0.39, 0.29) is 18.7 Å². The molecule has 0 radical (unpaired) electrons. The van der Waals surface area contributed by atoms with Crippen molar-refractivity contribution in [2.45, 2.75) is 31.8 Å². The predicted molar refractivity (Wildman–Crippen MR) is 113 cm³/mol. The fourth-order valence-electron chi connectivity index (χ4n) is 4.28. The van der Waals surface area contributed by atoms with Gasteiger partial charge in [0.2, 0.25) is 0 Å². The van der Waals surface area contributed by atoms with E-state index in [0.29, 0.717) is 23.6 Å². The van der Waals surface area contributed by atoms with E-state index in [4.69, 9.17) is 13.9 Å². The maximum absolute atomic E-state index is 12.9. The Labute approximate surface area is 181 Å². The van der Waals surface area contributed by atoms with Crippen molar-refractivity contribution in [1.82, 2.24) is 15.5 Å². The number of amides is 2. The molecule has 31 heavy (non-hydrogen) atoms. The van der Waals surface area contributed by atoms with E-state index >= 15 is 0 Å². The Morgan fingerprint density at radius 1 is 1.26 bits per heavy atom. The molecular formula is C23H27N3O5. The summed E-state index contributed by atoms with van der Waals surface area (Å²) in [6.07, 6.45) is 3.56. The van der Waals surface area contributed by atoms with Gasteiger partial charge in [-0.2, -0.15) is 0 Å². The summed E-state index contributed by atoms with van der Waals surface area (Å²) in [5, 5.41) is 5.62. The minimum atomic E-state index is -0.695. The van der Waals surface area contributed by atoms with Gasteiger partial charge in [-0.25, -0.2) is 9.59 Å². The minimum Gasteiger partial charge on any atom is -0.497 e. The number of rotatable bonds is 7. The van der Waals surface area contributed by atoms with Gasteiger partial charge in [0.25, 0.3) is 0 Å². The van der Waals surface area contributed by atoms with Crippen molar-refractivity contribution < 1.29 is 23.5 Å². The molecule has 1 saturated heterocycles. The summed E-state index contributed by atoms with van der Waals surface area (Å²) < 4.78 is 16.1. The van der Waals surface area contributed by atoms with Gasteiger partial charge in [0, 0.05) is 18.3 Å². The Hall–Kier alpha value is -3.26. The van der Waals surface area contributed by atoms with Gasteiger partial charge >= 0.3 is 12.0 Å². The summed E-state index contributed by atoms with van der Waals surface area (Å²) in [6.45, 7) is 3.29. The van der Waals surface area contributed by atoms with Gasteiger partial charge in [-0.15, -0.1) is 0 Å². The number of nitrogens with one attached hydrogen (secondary N) is 2. The Morgan fingerprint density at radius 3 is 2.74 bits per heavy atom. The molecule has 0 saturated carbocycles. The van der Waals surface area contributed by atoms with E-state index in [1.165, 1.54) is 11.8 Å². The number of carbonyl (C=O) groups is 2. The molecule has 8 nitrogen and oxygen atoms in total. The average molecular weight is 425 g/mol. The fraction of sp³-hybridized carbons (Fsp3) is 0.391. The van der Waals surface area contributed by atoms with Crippen molar-refractivity contribution in [2.75, 3.05) is 26.8 Å². The molecule has 164 valence electrons. The first-order valence-corrected chi connectivity index (χ1v) is 10.5. The molecule has 2 amide bonds. The number of methoxy groups -OCH3 is 1. The summed E-state index contributed by atoms with van der Waals surface area (Å²) in [7, 11) is 1.65. The third kappa shape index (κ3) is 4.44. The smallest absolute Gasteiger partial charge is 0.338 e. The van der Waals surface area contributed by atoms with Crippen LogP contribution in [0.3, 0.4) is 0 Å². The van der Waals surface area contributed by atoms with Crippen molar-refractivity contribution >= 4 is 12.0 Å². The zero-order valence-corrected chi connectivity index (χ0v) is 17.7. The standard InChI is InChI=1S/C23H27N3O5/c1-3-30-22(27)20-17(24-23(28)25-21(20)19-7-5-13-31-19)14-26-12-4-6-18(26)15-8-10-16(29-2)11-9-15/h5,7-11,13,18,21H,3-4,6,12,14H2,1-2H3,(H2,24,25,28). The molecule has 4 rings (SSSR count). The molecule has 0 bridgehead atoms. The van der Waals surface area contributed by atoms with Crippen LogP contribution in [-0.4, -0.2) is 43.7 Å². The number of benzene rings is 1. The SMILES string of the molecule is CCOC(=O)C1=C(CN2CCCC2c2ccc(OC)cc2)NC(=O)NC1c1ccco1. The molecule has 2 atom stereocenters. The van der Waals surface area contributed by atoms with Gasteiger partial charge < -0.3 is 24.5 Å². The van der Waals surface area contributed by atoms with E-state index in [1.807, 2.05) is 12.1 Å². The highest BCUT2D eigenvalue weighted by Gasteiger charge is 2.37. The number of carbonyl (C=O) groups excluding carboxylic acids is 2. The van der Waals surface area contributed by atoms with E-state index < -0.39 is 12.0 Å². The molecule has 1 aromatic heterocycles. The zero-order chi connectivity index (χ0) is 21.8. The molecule has 2 unspecified atom stereocenters. The molecule has 0 aliphatic carbocycles. The Kier molecular flexibility index (Phi) is 6.27. The van der Waals surface area contributed by atoms with E-state index in [0.717, 1.165) is 25.1 Å². The largest absolute Gasteiger partial charge is 0.497 e. The molecule has 8 heteroatoms. The first-order valence-electron chi connectivity index (χ1n) is 10.5. The van der Waals surface area contributed by atoms with Crippen LogP contribution in [0, 0.1) is 0 Å². The lowest BCUT2D eigenvalue weighted by molar-refractivity contribution is -0.139. The summed E-state index contributed by atoms with van der Waals surface area (Å²) in [5.74, 6) is 0.836. The Morgan fingerprint density at radius 2 is 2.06 bits per heavy atom. The quantitative estimate of drug-likeness (QED) is 0.662. The number of esters is 1. The first kappa shape index (κ1) is 21.0. The number of urea groups is 1. The number of likely N-dealkylation sites (tertiary alicyclic amines) is 1. The zero-order valence-electron chi connectivity index (χ0n) is 17.7. The van der Waals surface area contributed by atoms with Crippen molar-refractivity contribution in [2.24, 2.45) is 0 Å². The molecule has 2 aliphatic heterocycles. The van der Waals surface area contributed by atoms with Gasteiger partial charge in [0.1, 0.15) is 17.6 Å². The maximum Gasteiger partial charge on any atom is 0.338 e. The van der Waals surface area contributed by atoms with Gasteiger partial charge in [0.05, 0.1) is 25.6 Å². The topological polar surface area (TPSA) is 93.0 Å². The molecule has 1 aromatic carbocycles. The number of nitrogens with zero attached hydrogens (tertiary/aromatic N) is 1. The lowest BCUT2D eigenvalue weighted by Crippen LogP contribution is -2.48. The molecule has 2 aliphatic rings. The van der Waals surface area contributed by atoms with Gasteiger partial charge in [-0.1, -0.05) is 12.1 Å². The van der Waals surface area contributed by atoms with Crippen LogP contribution in [0.5, 0.6) is 5.75 Å². The highest BCUT2D eigenvalue weighted by Crippen LogP contribution is 2.35. The predicted octanol–water partition coefficient (Wildman–Crippen LogP) is 3.30. The second-order valence-corrected chi connectivity index (χ2v) is 7.56. The Balaban J connectivity index is 1.65. The highest BCUT2D eigenvalue weighted by atomic mass is 16.5. The van der Waals surface area contributed by atoms with Crippen molar-refractivity contribution in [3.8, 4) is 5.75 Å². The maximum atomic E-state index is 12.9. The van der Waals surface area contributed by atoms with Crippen LogP contribution in [-0.2, 0) is 9.53 Å². The van der Waals surface area contributed by atoms with Crippen LogP contribution < -0.4 is 15.4 Å². The third-order valence-corrected chi connectivity index (χ3v) is 5.70.